The largest absolute Gasteiger partial charge is 0.385 e. The van der Waals surface area contributed by atoms with Crippen molar-refractivity contribution in [3.05, 3.63) is 0 Å². The van der Waals surface area contributed by atoms with Crippen molar-refractivity contribution in [3.63, 3.8) is 0 Å². The van der Waals surface area contributed by atoms with E-state index in [9.17, 15) is 0 Å². The molecule has 2 unspecified atom stereocenters. The van der Waals surface area contributed by atoms with Crippen LogP contribution in [-0.4, -0.2) is 19.8 Å². The highest BCUT2D eigenvalue weighted by Crippen LogP contribution is 2.40. The molecule has 0 heterocycles. The van der Waals surface area contributed by atoms with Crippen molar-refractivity contribution in [2.24, 2.45) is 11.1 Å². The second-order valence-corrected chi connectivity index (χ2v) is 4.41. The van der Waals surface area contributed by atoms with Crippen LogP contribution < -0.4 is 5.73 Å². The summed E-state index contributed by atoms with van der Waals surface area (Å²) in [5.74, 6) is 0. The Hall–Kier alpha value is -0.0800. The Morgan fingerprint density at radius 3 is 2.83 bits per heavy atom. The molecule has 1 aliphatic rings. The predicted octanol–water partition coefficient (Wildman–Crippen LogP) is 1.93. The van der Waals surface area contributed by atoms with E-state index in [0.29, 0.717) is 11.5 Å². The summed E-state index contributed by atoms with van der Waals surface area (Å²) in [7, 11) is 1.77. The van der Waals surface area contributed by atoms with Crippen LogP contribution >= 0.6 is 0 Å². The minimum atomic E-state index is 0.456. The Bertz CT molecular complexity index is 138. The van der Waals surface area contributed by atoms with Gasteiger partial charge in [-0.25, -0.2) is 0 Å². The van der Waals surface area contributed by atoms with Gasteiger partial charge in [0.25, 0.3) is 0 Å². The van der Waals surface area contributed by atoms with Gasteiger partial charge >= 0.3 is 0 Å². The first-order chi connectivity index (χ1) is 5.66. The van der Waals surface area contributed by atoms with Crippen molar-refractivity contribution < 1.29 is 4.74 Å². The van der Waals surface area contributed by atoms with Gasteiger partial charge in [-0.15, -0.1) is 0 Å². The molecular formula is C10H21NO. The molecule has 0 aliphatic heterocycles. The van der Waals surface area contributed by atoms with Crippen molar-refractivity contribution in [2.75, 3.05) is 13.7 Å². The van der Waals surface area contributed by atoms with Gasteiger partial charge in [0.15, 0.2) is 0 Å². The van der Waals surface area contributed by atoms with Crippen molar-refractivity contribution >= 4 is 0 Å². The van der Waals surface area contributed by atoms with Crippen LogP contribution in [-0.2, 0) is 4.74 Å². The zero-order valence-electron chi connectivity index (χ0n) is 8.31. The van der Waals surface area contributed by atoms with Gasteiger partial charge in [-0.1, -0.05) is 6.92 Å². The highest BCUT2D eigenvalue weighted by atomic mass is 16.5. The van der Waals surface area contributed by atoms with Crippen LogP contribution in [0, 0.1) is 5.41 Å². The van der Waals surface area contributed by atoms with Crippen LogP contribution in [0.1, 0.15) is 39.0 Å². The zero-order chi connectivity index (χ0) is 9.03. The van der Waals surface area contributed by atoms with Gasteiger partial charge in [0.1, 0.15) is 0 Å². The number of ether oxygens (including phenoxy) is 1. The third-order valence-corrected chi connectivity index (χ3v) is 3.00. The summed E-state index contributed by atoms with van der Waals surface area (Å²) in [6.45, 7) is 3.25. The summed E-state index contributed by atoms with van der Waals surface area (Å²) in [4.78, 5) is 0. The van der Waals surface area contributed by atoms with E-state index in [2.05, 4.69) is 6.92 Å². The van der Waals surface area contributed by atoms with E-state index in [4.69, 9.17) is 10.5 Å². The topological polar surface area (TPSA) is 35.2 Å². The molecule has 2 nitrogen and oxygen atoms in total. The van der Waals surface area contributed by atoms with Crippen molar-refractivity contribution in [3.8, 4) is 0 Å². The Morgan fingerprint density at radius 1 is 1.58 bits per heavy atom. The maximum absolute atomic E-state index is 5.88. The van der Waals surface area contributed by atoms with E-state index >= 15 is 0 Å². The van der Waals surface area contributed by atoms with Gasteiger partial charge in [0.05, 0.1) is 0 Å². The van der Waals surface area contributed by atoms with E-state index in [1.54, 1.807) is 7.11 Å². The summed E-state index contributed by atoms with van der Waals surface area (Å²) in [5, 5.41) is 0. The van der Waals surface area contributed by atoms with Crippen LogP contribution in [0.25, 0.3) is 0 Å². The molecule has 2 N–H and O–H groups in total. The van der Waals surface area contributed by atoms with Crippen LogP contribution in [0.2, 0.25) is 0 Å². The lowest BCUT2D eigenvalue weighted by Gasteiger charge is -2.23. The van der Waals surface area contributed by atoms with Gasteiger partial charge in [0.2, 0.25) is 0 Å². The quantitative estimate of drug-likeness (QED) is 0.656. The molecular weight excluding hydrogens is 150 g/mol. The molecule has 2 heteroatoms. The van der Waals surface area contributed by atoms with Crippen LogP contribution in [0.4, 0.5) is 0 Å². The first-order valence-electron chi connectivity index (χ1n) is 4.91. The van der Waals surface area contributed by atoms with Gasteiger partial charge in [-0.2, -0.15) is 0 Å². The van der Waals surface area contributed by atoms with Crippen LogP contribution in [0.3, 0.4) is 0 Å². The first-order valence-corrected chi connectivity index (χ1v) is 4.91. The molecule has 1 rings (SSSR count). The molecule has 0 aromatic rings. The molecule has 1 saturated carbocycles. The Labute approximate surface area is 75.5 Å². The van der Waals surface area contributed by atoms with Crippen molar-refractivity contribution in [1.29, 1.82) is 0 Å². The normalized spacial score (nSPS) is 35.8. The Balaban J connectivity index is 2.21. The lowest BCUT2D eigenvalue weighted by atomic mass is 9.84. The smallest absolute Gasteiger partial charge is 0.0462 e. The third-order valence-electron chi connectivity index (χ3n) is 3.00. The molecule has 1 aliphatic carbocycles. The van der Waals surface area contributed by atoms with Gasteiger partial charge in [-0.3, -0.25) is 0 Å². The first kappa shape index (κ1) is 10.0. The number of hydrogen-bond donors (Lipinski definition) is 1. The average molecular weight is 171 g/mol. The van der Waals surface area contributed by atoms with Crippen LogP contribution in [0.5, 0.6) is 0 Å². The zero-order valence-corrected chi connectivity index (χ0v) is 8.31. The van der Waals surface area contributed by atoms with Gasteiger partial charge in [0, 0.05) is 19.8 Å². The molecule has 1 fully saturated rings. The molecule has 0 spiro atoms. The number of rotatable bonds is 4. The molecule has 0 bridgehead atoms. The fraction of sp³-hybridized carbons (Fsp3) is 1.00. The highest BCUT2D eigenvalue weighted by Gasteiger charge is 2.32. The number of hydrogen-bond acceptors (Lipinski definition) is 2. The standard InChI is InChI=1S/C10H21NO/c1-10(5-3-7-12-2)6-4-9(11)8-10/h9H,3-8,11H2,1-2H3. The van der Waals surface area contributed by atoms with Crippen LogP contribution in [0.15, 0.2) is 0 Å². The summed E-state index contributed by atoms with van der Waals surface area (Å²) in [5.41, 5.74) is 6.40. The van der Waals surface area contributed by atoms with Crippen molar-refractivity contribution in [2.45, 2.75) is 45.1 Å². The fourth-order valence-corrected chi connectivity index (χ4v) is 2.24. The maximum Gasteiger partial charge on any atom is 0.0462 e. The lowest BCUT2D eigenvalue weighted by molar-refractivity contribution is 0.171. The highest BCUT2D eigenvalue weighted by molar-refractivity contribution is 4.87. The summed E-state index contributed by atoms with van der Waals surface area (Å²) < 4.78 is 5.04. The minimum absolute atomic E-state index is 0.456. The van der Waals surface area contributed by atoms with E-state index in [1.807, 2.05) is 0 Å². The molecule has 0 radical (unpaired) electrons. The van der Waals surface area contributed by atoms with Crippen molar-refractivity contribution in [1.82, 2.24) is 0 Å². The molecule has 0 amide bonds. The molecule has 72 valence electrons. The third kappa shape index (κ3) is 2.76. The molecule has 0 aromatic heterocycles. The summed E-state index contributed by atoms with van der Waals surface area (Å²) in [6, 6.07) is 0.456. The maximum atomic E-state index is 5.88. The average Bonchev–Trinajstić information content (AvgIpc) is 2.32. The molecule has 12 heavy (non-hydrogen) atoms. The van der Waals surface area contributed by atoms with Gasteiger partial charge < -0.3 is 10.5 Å². The molecule has 2 atom stereocenters. The SMILES string of the molecule is COCCCC1(C)CCC(N)C1. The van der Waals surface area contributed by atoms with E-state index in [0.717, 1.165) is 6.61 Å². The molecule has 0 saturated heterocycles. The van der Waals surface area contributed by atoms with Gasteiger partial charge in [-0.05, 0) is 37.5 Å². The molecule has 0 aromatic carbocycles. The number of nitrogens with two attached hydrogens (primary N) is 1. The summed E-state index contributed by atoms with van der Waals surface area (Å²) in [6.07, 6.45) is 6.17. The van der Waals surface area contributed by atoms with E-state index < -0.39 is 0 Å². The monoisotopic (exact) mass is 171 g/mol. The number of methoxy groups -OCH3 is 1. The second kappa shape index (κ2) is 4.24. The predicted molar refractivity (Wildman–Crippen MR) is 51.0 cm³/mol. The summed E-state index contributed by atoms with van der Waals surface area (Å²) >= 11 is 0. The Morgan fingerprint density at radius 2 is 2.33 bits per heavy atom. The lowest BCUT2D eigenvalue weighted by Crippen LogP contribution is -2.19. The Kier molecular flexibility index (Phi) is 3.53. The fourth-order valence-electron chi connectivity index (χ4n) is 2.24. The minimum Gasteiger partial charge on any atom is -0.385 e. The van der Waals surface area contributed by atoms with E-state index in [1.165, 1.54) is 32.1 Å². The second-order valence-electron chi connectivity index (χ2n) is 4.41. The van der Waals surface area contributed by atoms with E-state index in [-0.39, 0.29) is 0 Å².